The molecule has 0 amide bonds. The minimum atomic E-state index is -0.794. The van der Waals surface area contributed by atoms with E-state index in [0.717, 1.165) is 122 Å². The molecule has 1 unspecified atom stereocenters. The summed E-state index contributed by atoms with van der Waals surface area (Å²) in [6, 6.07) is 0. The second-order valence-electron chi connectivity index (χ2n) is 20.6. The van der Waals surface area contributed by atoms with Crippen LogP contribution in [-0.2, 0) is 28.6 Å². The highest BCUT2D eigenvalue weighted by molar-refractivity contribution is 5.71. The molecule has 0 aliphatic heterocycles. The highest BCUT2D eigenvalue weighted by Crippen LogP contribution is 2.15. The van der Waals surface area contributed by atoms with E-state index in [4.69, 9.17) is 14.2 Å². The number of esters is 3. The summed E-state index contributed by atoms with van der Waals surface area (Å²) >= 11 is 0. The fraction of sp³-hybridized carbons (Fsp3) is 0.721. The highest BCUT2D eigenvalue weighted by atomic mass is 16.6. The van der Waals surface area contributed by atoms with Gasteiger partial charge in [0.05, 0.1) is 0 Å². The van der Waals surface area contributed by atoms with Gasteiger partial charge in [0, 0.05) is 19.3 Å². The summed E-state index contributed by atoms with van der Waals surface area (Å²) in [4.78, 5) is 38.3. The van der Waals surface area contributed by atoms with Gasteiger partial charge in [0.25, 0.3) is 0 Å². The predicted octanol–water partition coefficient (Wildman–Crippen LogP) is 21.3. The van der Waals surface area contributed by atoms with E-state index in [1.807, 2.05) is 0 Å². The van der Waals surface area contributed by atoms with E-state index in [-0.39, 0.29) is 31.1 Å². The van der Waals surface area contributed by atoms with Crippen LogP contribution in [0.4, 0.5) is 0 Å². The Balaban J connectivity index is 4.42. The maximum atomic E-state index is 12.9. The molecule has 0 N–H and O–H groups in total. The first-order chi connectivity index (χ1) is 36.5. The monoisotopic (exact) mass is 1030 g/mol. The van der Waals surface area contributed by atoms with Gasteiger partial charge in [0.15, 0.2) is 6.10 Å². The first-order valence-corrected chi connectivity index (χ1v) is 31.2. The van der Waals surface area contributed by atoms with Crippen LogP contribution >= 0.6 is 0 Å². The van der Waals surface area contributed by atoms with E-state index in [0.29, 0.717) is 19.3 Å². The number of ether oxygens (including phenoxy) is 3. The van der Waals surface area contributed by atoms with Crippen molar-refractivity contribution < 1.29 is 28.6 Å². The van der Waals surface area contributed by atoms with Crippen molar-refractivity contribution in [3.63, 3.8) is 0 Å². The summed E-state index contributed by atoms with van der Waals surface area (Å²) < 4.78 is 16.9. The van der Waals surface area contributed by atoms with Crippen LogP contribution in [0.25, 0.3) is 0 Å². The van der Waals surface area contributed by atoms with Crippen LogP contribution in [0.3, 0.4) is 0 Å². The Morgan fingerprint density at radius 2 is 0.527 bits per heavy atom. The van der Waals surface area contributed by atoms with Crippen molar-refractivity contribution in [1.29, 1.82) is 0 Å². The van der Waals surface area contributed by atoms with Crippen LogP contribution in [0.15, 0.2) is 97.2 Å². The number of rotatable bonds is 56. The molecule has 424 valence electrons. The van der Waals surface area contributed by atoms with Gasteiger partial charge in [0.1, 0.15) is 13.2 Å². The maximum absolute atomic E-state index is 12.9. The summed E-state index contributed by atoms with van der Waals surface area (Å²) in [6.07, 6.45) is 82.5. The van der Waals surface area contributed by atoms with Crippen LogP contribution in [0, 0.1) is 0 Å². The second kappa shape index (κ2) is 61.9. The van der Waals surface area contributed by atoms with Crippen molar-refractivity contribution in [3.05, 3.63) is 97.2 Å². The topological polar surface area (TPSA) is 78.9 Å². The van der Waals surface area contributed by atoms with Crippen molar-refractivity contribution in [1.82, 2.24) is 0 Å². The maximum Gasteiger partial charge on any atom is 0.306 e. The Labute approximate surface area is 457 Å². The molecular formula is C68H116O6. The van der Waals surface area contributed by atoms with E-state index >= 15 is 0 Å². The van der Waals surface area contributed by atoms with E-state index in [1.165, 1.54) is 135 Å². The van der Waals surface area contributed by atoms with Crippen LogP contribution in [-0.4, -0.2) is 37.2 Å². The van der Waals surface area contributed by atoms with E-state index in [2.05, 4.69) is 118 Å². The lowest BCUT2D eigenvalue weighted by molar-refractivity contribution is -0.167. The summed E-state index contributed by atoms with van der Waals surface area (Å²) in [5, 5.41) is 0. The van der Waals surface area contributed by atoms with Crippen molar-refractivity contribution in [3.8, 4) is 0 Å². The summed E-state index contributed by atoms with van der Waals surface area (Å²) in [5.41, 5.74) is 0. The molecule has 74 heavy (non-hydrogen) atoms. The van der Waals surface area contributed by atoms with E-state index < -0.39 is 6.10 Å². The molecule has 6 heteroatoms. The minimum Gasteiger partial charge on any atom is -0.462 e. The zero-order valence-electron chi connectivity index (χ0n) is 48.6. The lowest BCUT2D eigenvalue weighted by atomic mass is 10.1. The smallest absolute Gasteiger partial charge is 0.306 e. The van der Waals surface area contributed by atoms with E-state index in [9.17, 15) is 14.4 Å². The van der Waals surface area contributed by atoms with Gasteiger partial charge in [-0.1, -0.05) is 253 Å². The van der Waals surface area contributed by atoms with Gasteiger partial charge in [-0.15, -0.1) is 0 Å². The normalized spacial score (nSPS) is 12.7. The Morgan fingerprint density at radius 1 is 0.284 bits per heavy atom. The molecule has 0 radical (unpaired) electrons. The molecule has 0 aliphatic carbocycles. The molecular weight excluding hydrogens is 913 g/mol. The molecule has 1 atom stereocenters. The van der Waals surface area contributed by atoms with Crippen LogP contribution < -0.4 is 0 Å². The van der Waals surface area contributed by atoms with Gasteiger partial charge >= 0.3 is 17.9 Å². The molecule has 0 aromatic rings. The van der Waals surface area contributed by atoms with Gasteiger partial charge in [-0.3, -0.25) is 14.4 Å². The van der Waals surface area contributed by atoms with E-state index in [1.54, 1.807) is 0 Å². The molecule has 0 saturated carbocycles. The molecule has 0 aromatic carbocycles. The largest absolute Gasteiger partial charge is 0.462 e. The Bertz CT molecular complexity index is 1460. The molecule has 0 saturated heterocycles. The van der Waals surface area contributed by atoms with Crippen molar-refractivity contribution in [2.45, 2.75) is 303 Å². The lowest BCUT2D eigenvalue weighted by Crippen LogP contribution is -2.30. The van der Waals surface area contributed by atoms with Crippen LogP contribution in [0.5, 0.6) is 0 Å². The zero-order valence-corrected chi connectivity index (χ0v) is 48.6. The van der Waals surface area contributed by atoms with Gasteiger partial charge in [-0.25, -0.2) is 0 Å². The van der Waals surface area contributed by atoms with Crippen molar-refractivity contribution in [2.24, 2.45) is 0 Å². The fourth-order valence-electron chi connectivity index (χ4n) is 8.61. The molecule has 0 heterocycles. The summed E-state index contributed by atoms with van der Waals surface area (Å²) in [6.45, 7) is 6.50. The third-order valence-electron chi connectivity index (χ3n) is 13.3. The molecule has 6 nitrogen and oxygen atoms in total. The molecule has 0 rings (SSSR count). The SMILES string of the molecule is CC/C=C\C/C=C\C/C=C\C/C=C\CCCCCCCCCCC(=O)OCC(COC(=O)CCCCCCC/C=C\CCCCCCC)OC(=O)CCCCCCCC/C=C\C/C=C\C/C=C\CCCCCCC. The standard InChI is InChI=1S/C68H116O6/c1-4-7-10-13-16-19-22-25-28-30-32-34-36-38-40-43-46-49-52-55-58-61-67(70)73-64-65(63-72-66(69)60-57-54-51-48-45-42-27-24-21-18-15-12-9-6-3)74-68(71)62-59-56-53-50-47-44-41-39-37-35-33-31-29-26-23-20-17-14-11-8-5-2/h7,10,16,19,23-28,31-34,37,39,65H,4-6,8-9,11-15,17-18,20-22,29-30,35-36,38,40-64H2,1-3H3/b10-7-,19-16-,26-23-,27-24-,28-25-,33-31-,34-32-,39-37-. The molecule has 0 fully saturated rings. The zero-order chi connectivity index (χ0) is 53.6. The third kappa shape index (κ3) is 59.2. The second-order valence-corrected chi connectivity index (χ2v) is 20.6. The molecule has 0 spiro atoms. The first kappa shape index (κ1) is 70.3. The Hall–Kier alpha value is -3.67. The lowest BCUT2D eigenvalue weighted by Gasteiger charge is -2.18. The van der Waals surface area contributed by atoms with Gasteiger partial charge in [-0.05, 0) is 122 Å². The molecule has 0 aromatic heterocycles. The first-order valence-electron chi connectivity index (χ1n) is 31.2. The average molecular weight is 1030 g/mol. The van der Waals surface area contributed by atoms with Gasteiger partial charge < -0.3 is 14.2 Å². The fourth-order valence-corrected chi connectivity index (χ4v) is 8.61. The predicted molar refractivity (Wildman–Crippen MR) is 320 cm³/mol. The van der Waals surface area contributed by atoms with Crippen molar-refractivity contribution >= 4 is 17.9 Å². The number of carbonyl (C=O) groups excluding carboxylic acids is 3. The number of carbonyl (C=O) groups is 3. The third-order valence-corrected chi connectivity index (χ3v) is 13.3. The summed E-state index contributed by atoms with van der Waals surface area (Å²) in [5.74, 6) is -0.911. The summed E-state index contributed by atoms with van der Waals surface area (Å²) in [7, 11) is 0. The number of allylic oxidation sites excluding steroid dienone is 16. The molecule has 0 bridgehead atoms. The number of unbranched alkanes of at least 4 members (excludes halogenated alkanes) is 29. The van der Waals surface area contributed by atoms with Crippen molar-refractivity contribution in [2.75, 3.05) is 13.2 Å². The van der Waals surface area contributed by atoms with Crippen LogP contribution in [0.1, 0.15) is 297 Å². The number of hydrogen-bond acceptors (Lipinski definition) is 6. The average Bonchev–Trinajstić information content (AvgIpc) is 3.40. The Kier molecular flexibility index (Phi) is 58.8. The number of hydrogen-bond donors (Lipinski definition) is 0. The van der Waals surface area contributed by atoms with Gasteiger partial charge in [-0.2, -0.15) is 0 Å². The molecule has 0 aliphatic rings. The van der Waals surface area contributed by atoms with Gasteiger partial charge in [0.2, 0.25) is 0 Å². The highest BCUT2D eigenvalue weighted by Gasteiger charge is 2.19. The van der Waals surface area contributed by atoms with Crippen LogP contribution in [0.2, 0.25) is 0 Å². The Morgan fingerprint density at radius 3 is 0.838 bits per heavy atom. The quantitative estimate of drug-likeness (QED) is 0.0261. The minimum absolute atomic E-state index is 0.0897.